The number of nitrogens with zero attached hydrogens (tertiary/aromatic N) is 6. The van der Waals surface area contributed by atoms with Crippen LogP contribution in [0.2, 0.25) is 0 Å². The maximum Gasteiger partial charge on any atom is 0.320 e. The number of piperidine rings is 2. The summed E-state index contributed by atoms with van der Waals surface area (Å²) in [7, 11) is 0. The molecule has 1 aromatic carbocycles. The molecule has 3 aliphatic heterocycles. The number of nitrogens with one attached hydrogen (secondary N) is 1. The van der Waals surface area contributed by atoms with Crippen LogP contribution in [0.25, 0.3) is 0 Å². The standard InChI is InChI=1S/C32H44N8O2/c33-30(41)29-31(35-24-9-7-22(8-10-24)23-13-16-37(17-14-23)25-4-1-2-5-25)36-28(20-34-29)38-15-3-6-27(21-38)40-19-18-39(32(40)42)26-11-12-26/h7-10,20,23,25-27H,1-6,11-19,21H2,(H2,33,41)(H,35,36)/t27-/m1/s1. The maximum absolute atomic E-state index is 13.0. The minimum atomic E-state index is -0.610. The van der Waals surface area contributed by atoms with Gasteiger partial charge in [-0.05, 0) is 88.1 Å². The zero-order chi connectivity index (χ0) is 28.6. The SMILES string of the molecule is NC(=O)c1ncc(N2CCC[C@@H](N3CCN(C4CC4)C3=O)C2)nc1Nc1ccc(C2CCN(C3CCCC3)CC2)cc1. The van der Waals surface area contributed by atoms with E-state index in [9.17, 15) is 9.59 Å². The van der Waals surface area contributed by atoms with E-state index in [1.54, 1.807) is 6.20 Å². The molecule has 3 amide bonds. The van der Waals surface area contributed by atoms with E-state index in [-0.39, 0.29) is 17.8 Å². The molecular weight excluding hydrogens is 528 g/mol. The second-order valence-corrected chi connectivity index (χ2v) is 12.9. The van der Waals surface area contributed by atoms with Crippen molar-refractivity contribution in [1.29, 1.82) is 0 Å². The summed E-state index contributed by atoms with van der Waals surface area (Å²) in [5, 5.41) is 3.33. The Bertz CT molecular complexity index is 1280. The third-order valence-corrected chi connectivity index (χ3v) is 10.2. The van der Waals surface area contributed by atoms with E-state index in [2.05, 4.69) is 49.3 Å². The van der Waals surface area contributed by atoms with E-state index < -0.39 is 5.91 Å². The summed E-state index contributed by atoms with van der Waals surface area (Å²) in [5.74, 6) is 1.05. The van der Waals surface area contributed by atoms with Crippen LogP contribution in [0.3, 0.4) is 0 Å². The first-order chi connectivity index (χ1) is 20.5. The molecule has 1 aromatic heterocycles. The molecule has 2 aromatic rings. The Morgan fingerprint density at radius 1 is 0.810 bits per heavy atom. The highest BCUT2D eigenvalue weighted by Gasteiger charge is 2.42. The molecule has 0 spiro atoms. The van der Waals surface area contributed by atoms with Gasteiger partial charge in [-0.3, -0.25) is 4.79 Å². The lowest BCUT2D eigenvalue weighted by atomic mass is 9.88. The largest absolute Gasteiger partial charge is 0.364 e. The normalized spacial score (nSPS) is 24.5. The number of nitrogens with two attached hydrogens (primary N) is 1. The van der Waals surface area contributed by atoms with Crippen LogP contribution >= 0.6 is 0 Å². The number of aromatic nitrogens is 2. The van der Waals surface area contributed by atoms with Crippen molar-refractivity contribution < 1.29 is 9.59 Å². The highest BCUT2D eigenvalue weighted by atomic mass is 16.2. The van der Waals surface area contributed by atoms with Crippen LogP contribution in [-0.2, 0) is 0 Å². The number of anilines is 3. The molecule has 3 saturated heterocycles. The molecule has 7 rings (SSSR count). The second-order valence-electron chi connectivity index (χ2n) is 12.9. The third kappa shape index (κ3) is 5.65. The molecule has 0 radical (unpaired) electrons. The minimum absolute atomic E-state index is 0.130. The maximum atomic E-state index is 13.0. The third-order valence-electron chi connectivity index (χ3n) is 10.2. The van der Waals surface area contributed by atoms with Crippen molar-refractivity contribution in [3.8, 4) is 0 Å². The number of urea groups is 1. The van der Waals surface area contributed by atoms with Gasteiger partial charge in [0.25, 0.3) is 5.91 Å². The molecule has 5 fully saturated rings. The van der Waals surface area contributed by atoms with E-state index >= 15 is 0 Å². The quantitative estimate of drug-likeness (QED) is 0.485. The molecule has 5 aliphatic rings. The minimum Gasteiger partial charge on any atom is -0.364 e. The molecule has 0 bridgehead atoms. The van der Waals surface area contributed by atoms with Crippen molar-refractivity contribution in [3.63, 3.8) is 0 Å². The number of amides is 3. The first-order valence-corrected chi connectivity index (χ1v) is 16.1. The molecule has 42 heavy (non-hydrogen) atoms. The average Bonchev–Trinajstić information content (AvgIpc) is 3.55. The number of hydrogen-bond acceptors (Lipinski definition) is 7. The Kier molecular flexibility index (Phi) is 7.65. The summed E-state index contributed by atoms with van der Waals surface area (Å²) >= 11 is 0. The van der Waals surface area contributed by atoms with Gasteiger partial charge in [0, 0.05) is 44.0 Å². The molecular formula is C32H44N8O2. The van der Waals surface area contributed by atoms with Gasteiger partial charge in [-0.1, -0.05) is 25.0 Å². The van der Waals surface area contributed by atoms with Crippen molar-refractivity contribution in [3.05, 3.63) is 41.7 Å². The Balaban J connectivity index is 1.01. The number of carbonyl (C=O) groups excluding carboxylic acids is 2. The molecule has 3 N–H and O–H groups in total. The first kappa shape index (κ1) is 27.4. The van der Waals surface area contributed by atoms with Gasteiger partial charge in [-0.25, -0.2) is 14.8 Å². The number of primary amides is 1. The Labute approximate surface area is 248 Å². The molecule has 2 saturated carbocycles. The second kappa shape index (κ2) is 11.7. The van der Waals surface area contributed by atoms with Gasteiger partial charge in [0.2, 0.25) is 0 Å². The molecule has 10 heteroatoms. The number of hydrogen-bond donors (Lipinski definition) is 2. The van der Waals surface area contributed by atoms with E-state index in [4.69, 9.17) is 10.7 Å². The molecule has 4 heterocycles. The van der Waals surface area contributed by atoms with E-state index in [0.29, 0.717) is 30.1 Å². The van der Waals surface area contributed by atoms with E-state index in [1.807, 2.05) is 4.90 Å². The van der Waals surface area contributed by atoms with Crippen LogP contribution in [0.5, 0.6) is 0 Å². The van der Waals surface area contributed by atoms with Gasteiger partial charge in [0.1, 0.15) is 5.82 Å². The fourth-order valence-corrected chi connectivity index (χ4v) is 7.69. The van der Waals surface area contributed by atoms with Crippen molar-refractivity contribution in [1.82, 2.24) is 24.7 Å². The number of carbonyl (C=O) groups is 2. The van der Waals surface area contributed by atoms with Crippen LogP contribution in [0.1, 0.15) is 86.2 Å². The van der Waals surface area contributed by atoms with Gasteiger partial charge in [-0.15, -0.1) is 0 Å². The predicted octanol–water partition coefficient (Wildman–Crippen LogP) is 4.31. The average molecular weight is 573 g/mol. The highest BCUT2D eigenvalue weighted by molar-refractivity contribution is 5.96. The number of rotatable bonds is 8. The van der Waals surface area contributed by atoms with Gasteiger partial charge < -0.3 is 30.7 Å². The lowest BCUT2D eigenvalue weighted by Gasteiger charge is -2.38. The van der Waals surface area contributed by atoms with Gasteiger partial charge >= 0.3 is 6.03 Å². The summed E-state index contributed by atoms with van der Waals surface area (Å²) < 4.78 is 0. The van der Waals surface area contributed by atoms with Crippen LogP contribution in [-0.4, -0.2) is 94.0 Å². The summed E-state index contributed by atoms with van der Waals surface area (Å²) in [6.07, 6.45) is 13.8. The first-order valence-electron chi connectivity index (χ1n) is 16.1. The summed E-state index contributed by atoms with van der Waals surface area (Å²) in [5.41, 5.74) is 8.05. The lowest BCUT2D eigenvalue weighted by molar-refractivity contribution is 0.0996. The van der Waals surface area contributed by atoms with Crippen LogP contribution in [0, 0.1) is 0 Å². The molecule has 0 unspecified atom stereocenters. The van der Waals surface area contributed by atoms with E-state index in [0.717, 1.165) is 57.0 Å². The topological polar surface area (TPSA) is 111 Å². The summed E-state index contributed by atoms with van der Waals surface area (Å²) in [6, 6.07) is 10.1. The lowest BCUT2D eigenvalue weighted by Crippen LogP contribution is -2.50. The van der Waals surface area contributed by atoms with Crippen LogP contribution in [0.15, 0.2) is 30.5 Å². The zero-order valence-electron chi connectivity index (χ0n) is 24.6. The highest BCUT2D eigenvalue weighted by Crippen LogP contribution is 2.34. The van der Waals surface area contributed by atoms with Crippen LogP contribution < -0.4 is 16.0 Å². The smallest absolute Gasteiger partial charge is 0.320 e. The Morgan fingerprint density at radius 2 is 1.50 bits per heavy atom. The van der Waals surface area contributed by atoms with Gasteiger partial charge in [0.15, 0.2) is 11.5 Å². The molecule has 2 aliphatic carbocycles. The summed E-state index contributed by atoms with van der Waals surface area (Å²) in [4.78, 5) is 43.6. The van der Waals surface area contributed by atoms with Crippen LogP contribution in [0.4, 0.5) is 22.1 Å². The predicted molar refractivity (Wildman–Crippen MR) is 163 cm³/mol. The number of likely N-dealkylation sites (tertiary alicyclic amines) is 1. The van der Waals surface area contributed by atoms with E-state index in [1.165, 1.54) is 57.2 Å². The Hall–Kier alpha value is -3.40. The zero-order valence-corrected chi connectivity index (χ0v) is 24.6. The monoisotopic (exact) mass is 572 g/mol. The van der Waals surface area contributed by atoms with Gasteiger partial charge in [-0.2, -0.15) is 0 Å². The summed E-state index contributed by atoms with van der Waals surface area (Å²) in [6.45, 7) is 5.57. The van der Waals surface area contributed by atoms with Crippen molar-refractivity contribution >= 4 is 29.3 Å². The van der Waals surface area contributed by atoms with Crippen molar-refractivity contribution in [2.75, 3.05) is 49.5 Å². The number of benzene rings is 1. The fraction of sp³-hybridized carbons (Fsp3) is 0.625. The molecule has 1 atom stereocenters. The van der Waals surface area contributed by atoms with Gasteiger partial charge in [0.05, 0.1) is 12.2 Å². The van der Waals surface area contributed by atoms with Crippen molar-refractivity contribution in [2.45, 2.75) is 88.3 Å². The molecule has 10 nitrogen and oxygen atoms in total. The van der Waals surface area contributed by atoms with Crippen molar-refractivity contribution in [2.24, 2.45) is 5.73 Å². The Morgan fingerprint density at radius 3 is 2.19 bits per heavy atom. The fourth-order valence-electron chi connectivity index (χ4n) is 7.69. The molecule has 224 valence electrons.